The molecule has 28 heavy (non-hydrogen) atoms. The number of anilines is 2. The second kappa shape index (κ2) is 9.16. The molecule has 146 valence electrons. The minimum Gasteiger partial charge on any atom is -0.474 e. The Morgan fingerprint density at radius 3 is 2.79 bits per heavy atom. The number of pyridine rings is 1. The van der Waals surface area contributed by atoms with Crippen LogP contribution in [0.25, 0.3) is 0 Å². The smallest absolute Gasteiger partial charge is 0.291 e. The summed E-state index contributed by atoms with van der Waals surface area (Å²) in [7, 11) is 1.58. The lowest BCUT2D eigenvalue weighted by Crippen LogP contribution is -2.14. The van der Waals surface area contributed by atoms with Gasteiger partial charge in [0.1, 0.15) is 12.3 Å². The molecular weight excluding hydrogens is 382 g/mol. The number of carbonyl (C=O) groups excluding carboxylic acids is 2. The number of amides is 2. The molecule has 3 rings (SSSR count). The summed E-state index contributed by atoms with van der Waals surface area (Å²) in [4.78, 5) is 29.4. The van der Waals surface area contributed by atoms with Gasteiger partial charge in [-0.05, 0) is 42.8 Å². The number of ether oxygens (including phenoxy) is 2. The summed E-state index contributed by atoms with van der Waals surface area (Å²) in [5.74, 6) is -0.177. The van der Waals surface area contributed by atoms with E-state index in [2.05, 4.69) is 15.6 Å². The van der Waals surface area contributed by atoms with Crippen LogP contribution in [0.3, 0.4) is 0 Å². The van der Waals surface area contributed by atoms with Gasteiger partial charge >= 0.3 is 0 Å². The number of aryl methyl sites for hydroxylation is 1. The van der Waals surface area contributed by atoms with E-state index in [1.807, 2.05) is 0 Å². The van der Waals surface area contributed by atoms with E-state index in [4.69, 9.17) is 13.9 Å². The Kier molecular flexibility index (Phi) is 6.41. The molecule has 2 amide bonds. The molecule has 0 saturated carbocycles. The number of nitrogens with one attached hydrogen (secondary N) is 2. The third kappa shape index (κ3) is 4.76. The number of hydrogen-bond acceptors (Lipinski definition) is 7. The van der Waals surface area contributed by atoms with Crippen molar-refractivity contribution < 1.29 is 23.5 Å². The first kappa shape index (κ1) is 19.6. The van der Waals surface area contributed by atoms with Crippen molar-refractivity contribution in [1.82, 2.24) is 4.98 Å². The van der Waals surface area contributed by atoms with Crippen LogP contribution in [0.4, 0.5) is 10.7 Å². The second-order valence-electron chi connectivity index (χ2n) is 5.71. The number of hydrogen-bond donors (Lipinski definition) is 2. The zero-order chi connectivity index (χ0) is 19.9. The standard InChI is InChI=1S/C19H19N3O5S/c1-12-11-15(22-17(23)14-6-4-8-26-14)28-16(12)18(24)21-13-5-3-7-20-19(13)27-10-9-25-2/h3-8,11H,9-10H2,1-2H3,(H,21,24)(H,22,23). The molecule has 9 heteroatoms. The fourth-order valence-electron chi connectivity index (χ4n) is 2.35. The van der Waals surface area contributed by atoms with Gasteiger partial charge in [0.05, 0.1) is 22.7 Å². The van der Waals surface area contributed by atoms with Crippen molar-refractivity contribution in [2.24, 2.45) is 0 Å². The van der Waals surface area contributed by atoms with E-state index in [9.17, 15) is 9.59 Å². The van der Waals surface area contributed by atoms with Crippen molar-refractivity contribution in [2.45, 2.75) is 6.92 Å². The summed E-state index contributed by atoms with van der Waals surface area (Å²) in [5, 5.41) is 6.07. The van der Waals surface area contributed by atoms with Crippen LogP contribution in [0.1, 0.15) is 25.8 Å². The van der Waals surface area contributed by atoms with E-state index in [0.717, 1.165) is 5.56 Å². The number of methoxy groups -OCH3 is 1. The quantitative estimate of drug-likeness (QED) is 0.560. The Morgan fingerprint density at radius 2 is 2.04 bits per heavy atom. The Morgan fingerprint density at radius 1 is 1.18 bits per heavy atom. The topological polar surface area (TPSA) is 103 Å². The van der Waals surface area contributed by atoms with Crippen LogP contribution in [0.2, 0.25) is 0 Å². The van der Waals surface area contributed by atoms with Gasteiger partial charge in [-0.25, -0.2) is 4.98 Å². The van der Waals surface area contributed by atoms with Crippen molar-refractivity contribution in [3.8, 4) is 5.88 Å². The zero-order valence-electron chi connectivity index (χ0n) is 15.4. The van der Waals surface area contributed by atoms with Gasteiger partial charge < -0.3 is 24.5 Å². The molecule has 0 aromatic carbocycles. The molecule has 0 aliphatic heterocycles. The van der Waals surface area contributed by atoms with Crippen molar-refractivity contribution in [3.05, 3.63) is 59.0 Å². The van der Waals surface area contributed by atoms with Crippen molar-refractivity contribution in [1.29, 1.82) is 0 Å². The molecular formula is C19H19N3O5S. The van der Waals surface area contributed by atoms with E-state index < -0.39 is 0 Å². The molecule has 3 aromatic heterocycles. The second-order valence-corrected chi connectivity index (χ2v) is 6.76. The monoisotopic (exact) mass is 401 g/mol. The number of furan rings is 1. The molecule has 0 fully saturated rings. The van der Waals surface area contributed by atoms with Crippen LogP contribution >= 0.6 is 11.3 Å². The van der Waals surface area contributed by atoms with Crippen molar-refractivity contribution >= 4 is 33.8 Å². The van der Waals surface area contributed by atoms with E-state index in [-0.39, 0.29) is 17.6 Å². The van der Waals surface area contributed by atoms with Gasteiger partial charge in [0.15, 0.2) is 5.76 Å². The van der Waals surface area contributed by atoms with Gasteiger partial charge in [0.25, 0.3) is 11.8 Å². The average molecular weight is 401 g/mol. The third-order valence-electron chi connectivity index (χ3n) is 3.65. The lowest BCUT2D eigenvalue weighted by atomic mass is 10.2. The van der Waals surface area contributed by atoms with Gasteiger partial charge in [-0.3, -0.25) is 9.59 Å². The van der Waals surface area contributed by atoms with Crippen LogP contribution in [0.15, 0.2) is 47.2 Å². The first-order chi connectivity index (χ1) is 13.6. The molecule has 0 atom stereocenters. The number of carbonyl (C=O) groups is 2. The summed E-state index contributed by atoms with van der Waals surface area (Å²) in [6, 6.07) is 8.34. The molecule has 0 unspecified atom stereocenters. The fourth-order valence-corrected chi connectivity index (χ4v) is 3.32. The highest BCUT2D eigenvalue weighted by Crippen LogP contribution is 2.29. The number of aromatic nitrogens is 1. The summed E-state index contributed by atoms with van der Waals surface area (Å²) in [5.41, 5.74) is 1.19. The normalized spacial score (nSPS) is 10.5. The Labute approximate surface area is 165 Å². The first-order valence-electron chi connectivity index (χ1n) is 8.42. The van der Waals surface area contributed by atoms with Crippen molar-refractivity contribution in [2.75, 3.05) is 31.0 Å². The highest BCUT2D eigenvalue weighted by molar-refractivity contribution is 7.18. The van der Waals surface area contributed by atoms with E-state index in [0.29, 0.717) is 34.7 Å². The van der Waals surface area contributed by atoms with Crippen LogP contribution in [0, 0.1) is 6.92 Å². The van der Waals surface area contributed by atoms with Gasteiger partial charge in [-0.15, -0.1) is 11.3 Å². The molecule has 0 aliphatic rings. The minimum atomic E-state index is -0.376. The van der Waals surface area contributed by atoms with Gasteiger partial charge in [0, 0.05) is 13.3 Å². The highest BCUT2D eigenvalue weighted by atomic mass is 32.1. The zero-order valence-corrected chi connectivity index (χ0v) is 16.2. The summed E-state index contributed by atoms with van der Waals surface area (Å²) < 4.78 is 15.5. The average Bonchev–Trinajstić information content (AvgIpc) is 3.33. The molecule has 0 spiro atoms. The first-order valence-corrected chi connectivity index (χ1v) is 9.23. The van der Waals surface area contributed by atoms with Crippen LogP contribution < -0.4 is 15.4 Å². The third-order valence-corrected chi connectivity index (χ3v) is 4.80. The molecule has 3 aromatic rings. The SMILES string of the molecule is COCCOc1ncccc1NC(=O)c1sc(NC(=O)c2ccco2)cc1C. The number of thiophene rings is 1. The Hall–Kier alpha value is -3.17. The predicted octanol–water partition coefficient (Wildman–Crippen LogP) is 3.57. The maximum Gasteiger partial charge on any atom is 0.291 e. The molecule has 8 nitrogen and oxygen atoms in total. The largest absolute Gasteiger partial charge is 0.474 e. The van der Waals surface area contributed by atoms with Gasteiger partial charge in [-0.1, -0.05) is 0 Å². The molecule has 3 heterocycles. The molecule has 0 aliphatic carbocycles. The maximum atomic E-state index is 12.7. The summed E-state index contributed by atoms with van der Waals surface area (Å²) in [6.07, 6.45) is 3.00. The van der Waals surface area contributed by atoms with Crippen LogP contribution in [-0.2, 0) is 4.74 Å². The fraction of sp³-hybridized carbons (Fsp3) is 0.211. The summed E-state index contributed by atoms with van der Waals surface area (Å²) >= 11 is 1.17. The highest BCUT2D eigenvalue weighted by Gasteiger charge is 2.18. The maximum absolute atomic E-state index is 12.7. The number of nitrogens with zero attached hydrogens (tertiary/aromatic N) is 1. The molecule has 2 N–H and O–H groups in total. The van der Waals surface area contributed by atoms with Crippen LogP contribution in [-0.4, -0.2) is 37.1 Å². The molecule has 0 radical (unpaired) electrons. The van der Waals surface area contributed by atoms with E-state index >= 15 is 0 Å². The van der Waals surface area contributed by atoms with Gasteiger partial charge in [0.2, 0.25) is 5.88 Å². The minimum absolute atomic E-state index is 0.199. The lowest BCUT2D eigenvalue weighted by Gasteiger charge is -2.10. The Balaban J connectivity index is 1.70. The van der Waals surface area contributed by atoms with E-state index in [1.165, 1.54) is 17.6 Å². The molecule has 0 saturated heterocycles. The van der Waals surface area contributed by atoms with Gasteiger partial charge in [-0.2, -0.15) is 0 Å². The lowest BCUT2D eigenvalue weighted by molar-refractivity contribution is 0.0995. The van der Waals surface area contributed by atoms with E-state index in [1.54, 1.807) is 50.6 Å². The Bertz CT molecular complexity index is 952. The predicted molar refractivity (Wildman–Crippen MR) is 105 cm³/mol. The molecule has 0 bridgehead atoms. The summed E-state index contributed by atoms with van der Waals surface area (Å²) in [6.45, 7) is 2.53. The van der Waals surface area contributed by atoms with Crippen molar-refractivity contribution in [3.63, 3.8) is 0 Å². The van der Waals surface area contributed by atoms with Crippen LogP contribution in [0.5, 0.6) is 5.88 Å². The number of rotatable bonds is 8.